The summed E-state index contributed by atoms with van der Waals surface area (Å²) in [6.45, 7) is 2.82. The number of hydrogen-bond donors (Lipinski definition) is 0. The van der Waals surface area contributed by atoms with Crippen molar-refractivity contribution in [3.8, 4) is 0 Å². The summed E-state index contributed by atoms with van der Waals surface area (Å²) in [7, 11) is 1.35. The van der Waals surface area contributed by atoms with Crippen molar-refractivity contribution in [2.24, 2.45) is 0 Å². The predicted molar refractivity (Wildman–Crippen MR) is 64.1 cm³/mol. The minimum atomic E-state index is -3.79. The van der Waals surface area contributed by atoms with E-state index < -0.39 is 15.0 Å². The molecule has 1 heterocycles. The van der Waals surface area contributed by atoms with Gasteiger partial charge in [-0.25, -0.2) is 13.2 Å². The lowest BCUT2D eigenvalue weighted by Gasteiger charge is -2.02. The monoisotopic (exact) mass is 298 g/mol. The van der Waals surface area contributed by atoms with Gasteiger partial charge in [-0.15, -0.1) is 11.3 Å². The molecule has 0 fully saturated rings. The Morgan fingerprint density at radius 2 is 2.18 bits per heavy atom. The lowest BCUT2D eigenvalue weighted by Crippen LogP contribution is -2.10. The van der Waals surface area contributed by atoms with Crippen LogP contribution in [0.25, 0.3) is 0 Å². The summed E-state index contributed by atoms with van der Waals surface area (Å²) in [6, 6.07) is 1.19. The van der Waals surface area contributed by atoms with Gasteiger partial charge in [0.05, 0.1) is 12.2 Å². The van der Waals surface area contributed by atoms with Crippen molar-refractivity contribution in [3.63, 3.8) is 0 Å². The van der Waals surface area contributed by atoms with Crippen LogP contribution in [0, 0.1) is 0 Å². The third kappa shape index (κ3) is 4.63. The summed E-state index contributed by atoms with van der Waals surface area (Å²) >= 11 is 0.877. The van der Waals surface area contributed by atoms with E-state index in [0.29, 0.717) is 13.2 Å². The quantitative estimate of drug-likeness (QED) is 0.455. The highest BCUT2D eigenvalue weighted by molar-refractivity contribution is 8.15. The number of hydrogen-bond acceptors (Lipinski definition) is 6. The number of esters is 1. The maximum Gasteiger partial charge on any atom is 0.339 e. The van der Waals surface area contributed by atoms with Gasteiger partial charge in [0, 0.05) is 22.7 Å². The van der Waals surface area contributed by atoms with Gasteiger partial charge >= 0.3 is 5.97 Å². The molecule has 8 heteroatoms. The number of ether oxygens (including phenoxy) is 2. The van der Waals surface area contributed by atoms with E-state index in [4.69, 9.17) is 20.2 Å². The number of carbonyl (C=O) groups excluding carboxylic acids is 1. The normalized spacial score (nSPS) is 11.4. The van der Waals surface area contributed by atoms with Gasteiger partial charge in [0.25, 0.3) is 9.05 Å². The molecule has 0 atom stereocenters. The van der Waals surface area contributed by atoms with Crippen molar-refractivity contribution in [3.05, 3.63) is 17.0 Å². The van der Waals surface area contributed by atoms with Crippen LogP contribution in [-0.2, 0) is 18.5 Å². The highest BCUT2D eigenvalue weighted by Crippen LogP contribution is 2.23. The van der Waals surface area contributed by atoms with E-state index in [1.54, 1.807) is 0 Å². The van der Waals surface area contributed by atoms with Crippen LogP contribution in [0.1, 0.15) is 17.3 Å². The van der Waals surface area contributed by atoms with E-state index in [-0.39, 0.29) is 16.4 Å². The molecule has 0 aliphatic heterocycles. The van der Waals surface area contributed by atoms with E-state index in [9.17, 15) is 13.2 Å². The Balaban J connectivity index is 2.56. The van der Waals surface area contributed by atoms with Crippen molar-refractivity contribution in [1.82, 2.24) is 0 Å². The molecule has 0 spiro atoms. The standard InChI is InChI=1S/C9H11ClO5S2/c1-2-14-3-4-15-9(11)7-5-8(16-6-7)17(10,12)13/h5-6H,2-4H2,1H3. The van der Waals surface area contributed by atoms with Crippen LogP contribution < -0.4 is 0 Å². The van der Waals surface area contributed by atoms with Crippen LogP contribution in [0.5, 0.6) is 0 Å². The third-order valence-electron chi connectivity index (χ3n) is 1.72. The summed E-state index contributed by atoms with van der Waals surface area (Å²) in [4.78, 5) is 11.4. The largest absolute Gasteiger partial charge is 0.460 e. The number of carbonyl (C=O) groups is 1. The average Bonchev–Trinajstić information content (AvgIpc) is 2.72. The molecule has 1 rings (SSSR count). The number of rotatable bonds is 6. The minimum Gasteiger partial charge on any atom is -0.460 e. The molecule has 0 saturated carbocycles. The van der Waals surface area contributed by atoms with Crippen molar-refractivity contribution >= 4 is 37.0 Å². The van der Waals surface area contributed by atoms with Gasteiger partial charge in [0.1, 0.15) is 10.8 Å². The van der Waals surface area contributed by atoms with Crippen molar-refractivity contribution < 1.29 is 22.7 Å². The van der Waals surface area contributed by atoms with E-state index in [2.05, 4.69) is 0 Å². The summed E-state index contributed by atoms with van der Waals surface area (Å²) in [6.07, 6.45) is 0. The van der Waals surface area contributed by atoms with Gasteiger partial charge in [-0.1, -0.05) is 0 Å². The van der Waals surface area contributed by atoms with Crippen LogP contribution >= 0.6 is 22.0 Å². The average molecular weight is 299 g/mol. The highest BCUT2D eigenvalue weighted by atomic mass is 35.7. The molecular weight excluding hydrogens is 288 g/mol. The fourth-order valence-corrected chi connectivity index (χ4v) is 2.91. The minimum absolute atomic E-state index is 0.0732. The van der Waals surface area contributed by atoms with Gasteiger partial charge in [0.2, 0.25) is 0 Å². The van der Waals surface area contributed by atoms with Crippen LogP contribution in [0.2, 0.25) is 0 Å². The Morgan fingerprint density at radius 1 is 1.47 bits per heavy atom. The van der Waals surface area contributed by atoms with Crippen LogP contribution in [0.3, 0.4) is 0 Å². The third-order valence-corrected chi connectivity index (χ3v) is 4.76. The van der Waals surface area contributed by atoms with Gasteiger partial charge in [-0.3, -0.25) is 0 Å². The molecule has 0 saturated heterocycles. The van der Waals surface area contributed by atoms with E-state index in [1.165, 1.54) is 11.4 Å². The molecule has 0 N–H and O–H groups in total. The number of thiophene rings is 1. The molecule has 5 nitrogen and oxygen atoms in total. The fourth-order valence-electron chi connectivity index (χ4n) is 0.972. The van der Waals surface area contributed by atoms with Gasteiger partial charge in [0.15, 0.2) is 0 Å². The van der Waals surface area contributed by atoms with Crippen LogP contribution in [-0.4, -0.2) is 34.2 Å². The maximum atomic E-state index is 11.4. The van der Waals surface area contributed by atoms with Gasteiger partial charge in [-0.05, 0) is 13.0 Å². The van der Waals surface area contributed by atoms with E-state index >= 15 is 0 Å². The first-order chi connectivity index (χ1) is 7.95. The topological polar surface area (TPSA) is 69.7 Å². The Morgan fingerprint density at radius 3 is 2.71 bits per heavy atom. The first-order valence-electron chi connectivity index (χ1n) is 4.73. The van der Waals surface area contributed by atoms with Gasteiger partial charge in [-0.2, -0.15) is 0 Å². The van der Waals surface area contributed by atoms with Crippen molar-refractivity contribution in [1.29, 1.82) is 0 Å². The Kier molecular flexibility index (Phi) is 5.38. The lowest BCUT2D eigenvalue weighted by molar-refractivity contribution is 0.0336. The molecule has 96 valence electrons. The van der Waals surface area contributed by atoms with Crippen molar-refractivity contribution in [2.75, 3.05) is 19.8 Å². The Labute approximate surface area is 108 Å². The molecule has 0 unspecified atom stereocenters. The molecule has 0 radical (unpaired) electrons. The summed E-state index contributed by atoms with van der Waals surface area (Å²) in [5, 5.41) is 1.39. The molecule has 1 aromatic heterocycles. The van der Waals surface area contributed by atoms with Gasteiger partial charge < -0.3 is 9.47 Å². The fraction of sp³-hybridized carbons (Fsp3) is 0.444. The van der Waals surface area contributed by atoms with Crippen LogP contribution in [0.4, 0.5) is 0 Å². The summed E-state index contributed by atoms with van der Waals surface area (Å²) in [5.41, 5.74) is 0.172. The second-order valence-corrected chi connectivity index (χ2v) is 6.63. The highest BCUT2D eigenvalue weighted by Gasteiger charge is 2.17. The molecule has 0 aromatic carbocycles. The second-order valence-electron chi connectivity index (χ2n) is 2.93. The van der Waals surface area contributed by atoms with E-state index in [0.717, 1.165) is 11.3 Å². The molecular formula is C9H11ClO5S2. The molecule has 0 bridgehead atoms. The maximum absolute atomic E-state index is 11.4. The second kappa shape index (κ2) is 6.34. The van der Waals surface area contributed by atoms with Crippen LogP contribution in [0.15, 0.2) is 15.7 Å². The molecule has 17 heavy (non-hydrogen) atoms. The number of halogens is 1. The summed E-state index contributed by atoms with van der Waals surface area (Å²) in [5.74, 6) is -0.590. The molecule has 0 amide bonds. The molecule has 0 aliphatic carbocycles. The Bertz CT molecular complexity index is 479. The smallest absolute Gasteiger partial charge is 0.339 e. The predicted octanol–water partition coefficient (Wildman–Crippen LogP) is 1.87. The lowest BCUT2D eigenvalue weighted by atomic mass is 10.3. The summed E-state index contributed by atoms with van der Waals surface area (Å²) < 4.78 is 31.7. The molecule has 1 aromatic rings. The van der Waals surface area contributed by atoms with E-state index in [1.807, 2.05) is 6.92 Å². The zero-order chi connectivity index (χ0) is 12.9. The zero-order valence-electron chi connectivity index (χ0n) is 9.01. The first-order valence-corrected chi connectivity index (χ1v) is 7.92. The van der Waals surface area contributed by atoms with Crippen molar-refractivity contribution in [2.45, 2.75) is 11.1 Å². The molecule has 0 aliphatic rings. The Hall–Kier alpha value is -0.630. The zero-order valence-corrected chi connectivity index (χ0v) is 11.4. The first kappa shape index (κ1) is 14.4. The SMILES string of the molecule is CCOCCOC(=O)c1csc(S(=O)(=O)Cl)c1.